The van der Waals surface area contributed by atoms with Gasteiger partial charge >= 0.3 is 0 Å². The molecule has 0 heterocycles. The minimum atomic E-state index is -0.386. The summed E-state index contributed by atoms with van der Waals surface area (Å²) in [6.07, 6.45) is 0. The molecule has 1 atom stereocenters. The summed E-state index contributed by atoms with van der Waals surface area (Å²) in [4.78, 5) is 11.7. The molecular weight excluding hydrogens is 254 g/mol. The molecule has 4 N–H and O–H groups in total. The monoisotopic (exact) mass is 271 g/mol. The number of carbonyl (C=O) groups excluding carboxylic acids is 1. The number of rotatable bonds is 6. The van der Waals surface area contributed by atoms with Crippen LogP contribution in [0.4, 0.5) is 11.4 Å². The van der Waals surface area contributed by atoms with Gasteiger partial charge in [0.2, 0.25) is 5.91 Å². The highest BCUT2D eigenvalue weighted by Crippen LogP contribution is 2.24. The topological polar surface area (TPSA) is 76.4 Å². The van der Waals surface area contributed by atoms with E-state index in [1.165, 1.54) is 0 Å². The van der Waals surface area contributed by atoms with Gasteiger partial charge < -0.3 is 21.1 Å². The summed E-state index contributed by atoms with van der Waals surface area (Å²) in [5.74, 6) is -0.111. The number of anilines is 2. The summed E-state index contributed by atoms with van der Waals surface area (Å²) in [6.45, 7) is 2.73. The standard InChI is InChI=1S/C12H18ClN3O2/c1-8(12(17)15-5-6-18-2)16-11-4-3-9(14)7-10(11)13/h3-4,7-8,16H,5-6,14H2,1-2H3,(H,15,17). The van der Waals surface area contributed by atoms with Crippen LogP contribution in [0.2, 0.25) is 5.02 Å². The normalized spacial score (nSPS) is 11.9. The van der Waals surface area contributed by atoms with Crippen molar-refractivity contribution in [2.45, 2.75) is 13.0 Å². The second kappa shape index (κ2) is 7.08. The van der Waals surface area contributed by atoms with E-state index in [4.69, 9.17) is 22.1 Å². The van der Waals surface area contributed by atoms with Gasteiger partial charge in [0.15, 0.2) is 0 Å². The number of benzene rings is 1. The molecule has 0 radical (unpaired) electrons. The Morgan fingerprint density at radius 1 is 1.56 bits per heavy atom. The summed E-state index contributed by atoms with van der Waals surface area (Å²) < 4.78 is 4.85. The lowest BCUT2D eigenvalue weighted by atomic mass is 10.2. The summed E-state index contributed by atoms with van der Waals surface area (Å²) in [6, 6.07) is 4.72. The molecule has 0 aromatic heterocycles. The molecule has 1 rings (SSSR count). The maximum absolute atomic E-state index is 11.7. The number of halogens is 1. The van der Waals surface area contributed by atoms with E-state index < -0.39 is 0 Å². The first-order chi connectivity index (χ1) is 8.54. The molecule has 1 unspecified atom stereocenters. The molecule has 0 aliphatic carbocycles. The molecular formula is C12H18ClN3O2. The predicted octanol–water partition coefficient (Wildman–Crippen LogP) is 1.49. The number of hydrogen-bond donors (Lipinski definition) is 3. The number of nitrogen functional groups attached to an aromatic ring is 1. The molecule has 5 nitrogen and oxygen atoms in total. The maximum atomic E-state index is 11.7. The van der Waals surface area contributed by atoms with Crippen molar-refractivity contribution >= 4 is 28.9 Å². The van der Waals surface area contributed by atoms with Crippen molar-refractivity contribution in [2.24, 2.45) is 0 Å². The van der Waals surface area contributed by atoms with Crippen molar-refractivity contribution in [3.8, 4) is 0 Å². The summed E-state index contributed by atoms with van der Waals surface area (Å²) in [5, 5.41) is 6.26. The number of methoxy groups -OCH3 is 1. The Kier molecular flexibility index (Phi) is 5.74. The van der Waals surface area contributed by atoms with Crippen LogP contribution in [0.1, 0.15) is 6.92 Å². The zero-order valence-electron chi connectivity index (χ0n) is 10.5. The van der Waals surface area contributed by atoms with Crippen LogP contribution in [0.15, 0.2) is 18.2 Å². The van der Waals surface area contributed by atoms with Gasteiger partial charge in [-0.25, -0.2) is 0 Å². The van der Waals surface area contributed by atoms with Gasteiger partial charge in [0.05, 0.1) is 17.3 Å². The van der Waals surface area contributed by atoms with Crippen LogP contribution in [0, 0.1) is 0 Å². The minimum absolute atomic E-state index is 0.111. The number of carbonyl (C=O) groups is 1. The maximum Gasteiger partial charge on any atom is 0.242 e. The van der Waals surface area contributed by atoms with Crippen LogP contribution in [0.25, 0.3) is 0 Å². The summed E-state index contributed by atoms with van der Waals surface area (Å²) in [7, 11) is 1.59. The van der Waals surface area contributed by atoms with E-state index in [0.717, 1.165) is 0 Å². The lowest BCUT2D eigenvalue weighted by Gasteiger charge is -2.16. The SMILES string of the molecule is COCCNC(=O)C(C)Nc1ccc(N)cc1Cl. The Balaban J connectivity index is 2.53. The van der Waals surface area contributed by atoms with Crippen molar-refractivity contribution < 1.29 is 9.53 Å². The first kappa shape index (κ1) is 14.6. The lowest BCUT2D eigenvalue weighted by molar-refractivity contribution is -0.121. The van der Waals surface area contributed by atoms with E-state index in [2.05, 4.69) is 10.6 Å². The van der Waals surface area contributed by atoms with Crippen LogP contribution >= 0.6 is 11.6 Å². The first-order valence-electron chi connectivity index (χ1n) is 5.62. The lowest BCUT2D eigenvalue weighted by Crippen LogP contribution is -2.39. The molecule has 0 saturated heterocycles. The molecule has 18 heavy (non-hydrogen) atoms. The molecule has 100 valence electrons. The smallest absolute Gasteiger partial charge is 0.242 e. The number of nitrogens with one attached hydrogen (secondary N) is 2. The Labute approximate surface area is 112 Å². The zero-order chi connectivity index (χ0) is 13.5. The van der Waals surface area contributed by atoms with Crippen LogP contribution in [-0.4, -0.2) is 32.2 Å². The molecule has 0 aliphatic heterocycles. The highest BCUT2D eigenvalue weighted by molar-refractivity contribution is 6.33. The van der Waals surface area contributed by atoms with E-state index >= 15 is 0 Å². The van der Waals surface area contributed by atoms with E-state index in [9.17, 15) is 4.79 Å². The number of nitrogens with two attached hydrogens (primary N) is 1. The summed E-state index contributed by atoms with van der Waals surface area (Å²) >= 11 is 6.01. The quantitative estimate of drug-likeness (QED) is 0.541. The van der Waals surface area contributed by atoms with Gasteiger partial charge in [-0.3, -0.25) is 4.79 Å². The van der Waals surface area contributed by atoms with Crippen LogP contribution in [0.3, 0.4) is 0 Å². The van der Waals surface area contributed by atoms with E-state index in [1.54, 1.807) is 32.2 Å². The second-order valence-corrected chi connectivity index (χ2v) is 4.30. The molecule has 6 heteroatoms. The van der Waals surface area contributed by atoms with Crippen LogP contribution in [-0.2, 0) is 9.53 Å². The molecule has 0 saturated carbocycles. The molecule has 0 bridgehead atoms. The highest BCUT2D eigenvalue weighted by Gasteiger charge is 2.13. The fourth-order valence-corrected chi connectivity index (χ4v) is 1.62. The van der Waals surface area contributed by atoms with Crippen molar-refractivity contribution in [2.75, 3.05) is 31.3 Å². The minimum Gasteiger partial charge on any atom is -0.399 e. The fraction of sp³-hybridized carbons (Fsp3) is 0.417. The first-order valence-corrected chi connectivity index (χ1v) is 6.00. The molecule has 0 aliphatic rings. The Morgan fingerprint density at radius 2 is 2.28 bits per heavy atom. The third-order valence-electron chi connectivity index (χ3n) is 2.36. The third-order valence-corrected chi connectivity index (χ3v) is 2.68. The largest absolute Gasteiger partial charge is 0.399 e. The summed E-state index contributed by atoms with van der Waals surface area (Å²) in [5.41, 5.74) is 6.86. The average molecular weight is 272 g/mol. The van der Waals surface area contributed by atoms with Gasteiger partial charge in [-0.1, -0.05) is 11.6 Å². The van der Waals surface area contributed by atoms with E-state index in [0.29, 0.717) is 29.5 Å². The third kappa shape index (κ3) is 4.43. The molecule has 0 fully saturated rings. The number of amides is 1. The van der Waals surface area contributed by atoms with E-state index in [-0.39, 0.29) is 11.9 Å². The van der Waals surface area contributed by atoms with Gasteiger partial charge in [-0.05, 0) is 25.1 Å². The van der Waals surface area contributed by atoms with Crippen molar-refractivity contribution in [3.63, 3.8) is 0 Å². The van der Waals surface area contributed by atoms with E-state index in [1.807, 2.05) is 0 Å². The zero-order valence-corrected chi connectivity index (χ0v) is 11.3. The van der Waals surface area contributed by atoms with Crippen LogP contribution < -0.4 is 16.4 Å². The fourth-order valence-electron chi connectivity index (χ4n) is 1.38. The van der Waals surface area contributed by atoms with Crippen molar-refractivity contribution in [1.82, 2.24) is 5.32 Å². The van der Waals surface area contributed by atoms with Gasteiger partial charge in [-0.15, -0.1) is 0 Å². The Hall–Kier alpha value is -1.46. The highest BCUT2D eigenvalue weighted by atomic mass is 35.5. The van der Waals surface area contributed by atoms with Gasteiger partial charge in [0, 0.05) is 19.3 Å². The van der Waals surface area contributed by atoms with Gasteiger partial charge in [0.1, 0.15) is 6.04 Å². The molecule has 0 spiro atoms. The average Bonchev–Trinajstić information content (AvgIpc) is 2.32. The van der Waals surface area contributed by atoms with Crippen molar-refractivity contribution in [3.05, 3.63) is 23.2 Å². The van der Waals surface area contributed by atoms with Gasteiger partial charge in [-0.2, -0.15) is 0 Å². The van der Waals surface area contributed by atoms with Crippen LogP contribution in [0.5, 0.6) is 0 Å². The molecule has 1 aromatic rings. The molecule has 1 aromatic carbocycles. The molecule has 1 amide bonds. The second-order valence-electron chi connectivity index (χ2n) is 3.89. The number of ether oxygens (including phenoxy) is 1. The number of hydrogen-bond acceptors (Lipinski definition) is 4. The van der Waals surface area contributed by atoms with Gasteiger partial charge in [0.25, 0.3) is 0 Å². The Bertz CT molecular complexity index is 412. The predicted molar refractivity (Wildman–Crippen MR) is 73.8 cm³/mol. The van der Waals surface area contributed by atoms with Crippen molar-refractivity contribution in [1.29, 1.82) is 0 Å². The Morgan fingerprint density at radius 3 is 2.89 bits per heavy atom.